The molecule has 0 saturated carbocycles. The van der Waals surface area contributed by atoms with E-state index in [1.807, 2.05) is 34.7 Å². The summed E-state index contributed by atoms with van der Waals surface area (Å²) in [7, 11) is 1.59. The fraction of sp³-hybridized carbons (Fsp3) is 0.136. The second-order valence-electron chi connectivity index (χ2n) is 6.49. The van der Waals surface area contributed by atoms with Gasteiger partial charge in [0.05, 0.1) is 38.9 Å². The Bertz CT molecular complexity index is 1210. The molecule has 0 aliphatic heterocycles. The highest BCUT2D eigenvalue weighted by molar-refractivity contribution is 14.1. The number of aliphatic imine (C=N–C) groups is 1. The number of benzene rings is 3. The molecule has 170 valence electrons. The Labute approximate surface area is 202 Å². The van der Waals surface area contributed by atoms with E-state index in [1.165, 1.54) is 6.07 Å². The molecule has 0 amide bonds. The van der Waals surface area contributed by atoms with Gasteiger partial charge in [0.15, 0.2) is 11.5 Å². The van der Waals surface area contributed by atoms with Crippen molar-refractivity contribution in [2.75, 3.05) is 13.7 Å². The van der Waals surface area contributed by atoms with Gasteiger partial charge in [0, 0.05) is 12.3 Å². The van der Waals surface area contributed by atoms with E-state index in [1.54, 1.807) is 44.5 Å². The van der Waals surface area contributed by atoms with Gasteiger partial charge >= 0.3 is 5.69 Å². The summed E-state index contributed by atoms with van der Waals surface area (Å²) in [4.78, 5) is 25.4. The van der Waals surface area contributed by atoms with Gasteiger partial charge in [-0.2, -0.15) is 0 Å². The van der Waals surface area contributed by atoms with Gasteiger partial charge in [-0.1, -0.05) is 0 Å². The highest BCUT2D eigenvalue weighted by atomic mass is 127. The van der Waals surface area contributed by atoms with Crippen LogP contribution in [0, 0.1) is 23.8 Å². The topological polar surface area (TPSA) is 126 Å². The Hall–Kier alpha value is -3.74. The third-order valence-corrected chi connectivity index (χ3v) is 5.13. The first-order valence-corrected chi connectivity index (χ1v) is 10.7. The quantitative estimate of drug-likeness (QED) is 0.134. The molecule has 0 fully saturated rings. The van der Waals surface area contributed by atoms with Gasteiger partial charge in [-0.05, 0) is 77.5 Å². The van der Waals surface area contributed by atoms with Crippen molar-refractivity contribution in [3.05, 3.63) is 84.0 Å². The van der Waals surface area contributed by atoms with E-state index < -0.39 is 21.2 Å². The Kier molecular flexibility index (Phi) is 7.77. The third kappa shape index (κ3) is 5.94. The molecular formula is C22H18IN3O7. The summed E-state index contributed by atoms with van der Waals surface area (Å²) in [5.74, 6) is 1.21. The molecule has 0 bridgehead atoms. The van der Waals surface area contributed by atoms with E-state index in [9.17, 15) is 20.2 Å². The second-order valence-corrected chi connectivity index (χ2v) is 7.65. The molecule has 3 rings (SSSR count). The van der Waals surface area contributed by atoms with Crippen molar-refractivity contribution in [3.8, 4) is 23.0 Å². The molecule has 0 N–H and O–H groups in total. The third-order valence-electron chi connectivity index (χ3n) is 4.33. The maximum Gasteiger partial charge on any atom is 0.318 e. The zero-order valence-electron chi connectivity index (χ0n) is 17.6. The maximum absolute atomic E-state index is 11.4. The number of rotatable bonds is 9. The average Bonchev–Trinajstić information content (AvgIpc) is 2.80. The molecule has 0 saturated heterocycles. The van der Waals surface area contributed by atoms with E-state index in [2.05, 4.69) is 4.99 Å². The normalized spacial score (nSPS) is 10.8. The number of halogens is 1. The number of nitro groups is 2. The van der Waals surface area contributed by atoms with E-state index in [-0.39, 0.29) is 11.5 Å². The van der Waals surface area contributed by atoms with Crippen molar-refractivity contribution in [3.63, 3.8) is 0 Å². The molecule has 0 atom stereocenters. The SMILES string of the molecule is CCOc1cc(C=Nc2ccc(OC)cc2)cc(I)c1Oc1ccc([N+](=O)[O-])cc1[N+](=O)[O-]. The minimum absolute atomic E-state index is 0.135. The van der Waals surface area contributed by atoms with E-state index in [4.69, 9.17) is 14.2 Å². The van der Waals surface area contributed by atoms with Crippen LogP contribution in [-0.4, -0.2) is 29.8 Å². The summed E-state index contributed by atoms with van der Waals surface area (Å²) >= 11 is 2.03. The smallest absolute Gasteiger partial charge is 0.318 e. The molecular weight excluding hydrogens is 545 g/mol. The molecule has 0 spiro atoms. The first kappa shape index (κ1) is 23.9. The van der Waals surface area contributed by atoms with Gasteiger partial charge < -0.3 is 14.2 Å². The number of ether oxygens (including phenoxy) is 3. The Morgan fingerprint density at radius 3 is 2.33 bits per heavy atom. The monoisotopic (exact) mass is 563 g/mol. The lowest BCUT2D eigenvalue weighted by Crippen LogP contribution is -2.01. The lowest BCUT2D eigenvalue weighted by molar-refractivity contribution is -0.394. The molecule has 0 aromatic heterocycles. The molecule has 0 aliphatic rings. The number of hydrogen-bond donors (Lipinski definition) is 0. The highest BCUT2D eigenvalue weighted by Gasteiger charge is 2.23. The molecule has 3 aromatic carbocycles. The first-order valence-electron chi connectivity index (χ1n) is 9.57. The van der Waals surface area contributed by atoms with Crippen LogP contribution in [0.25, 0.3) is 0 Å². The van der Waals surface area contributed by atoms with Gasteiger partial charge in [-0.3, -0.25) is 25.2 Å². The number of non-ortho nitro benzene ring substituents is 1. The fourth-order valence-electron chi connectivity index (χ4n) is 2.80. The Morgan fingerprint density at radius 1 is 1.00 bits per heavy atom. The zero-order chi connectivity index (χ0) is 24.0. The van der Waals surface area contributed by atoms with Crippen LogP contribution in [-0.2, 0) is 0 Å². The van der Waals surface area contributed by atoms with Crippen LogP contribution in [0.2, 0.25) is 0 Å². The number of nitrogens with zero attached hydrogens (tertiary/aromatic N) is 3. The van der Waals surface area contributed by atoms with Gasteiger partial charge in [0.1, 0.15) is 5.75 Å². The minimum Gasteiger partial charge on any atom is -0.497 e. The van der Waals surface area contributed by atoms with Crippen molar-refractivity contribution in [1.82, 2.24) is 0 Å². The van der Waals surface area contributed by atoms with Gasteiger partial charge in [-0.15, -0.1) is 0 Å². The van der Waals surface area contributed by atoms with E-state index in [0.717, 1.165) is 29.1 Å². The first-order chi connectivity index (χ1) is 15.8. The summed E-state index contributed by atoms with van der Waals surface area (Å²) in [6, 6.07) is 13.9. The predicted molar refractivity (Wildman–Crippen MR) is 130 cm³/mol. The van der Waals surface area contributed by atoms with Crippen molar-refractivity contribution < 1.29 is 24.1 Å². The van der Waals surface area contributed by atoms with Crippen molar-refractivity contribution in [2.24, 2.45) is 4.99 Å². The Balaban J connectivity index is 1.95. The fourth-order valence-corrected chi connectivity index (χ4v) is 3.54. The maximum atomic E-state index is 11.4. The standard InChI is InChI=1S/C22H18IN3O7/c1-3-32-21-11-14(13-24-15-4-7-17(31-2)8-5-15)10-18(23)22(21)33-20-9-6-16(25(27)28)12-19(20)26(29)30/h4-13H,3H2,1-2H3. The average molecular weight is 563 g/mol. The van der Waals surface area contributed by atoms with Crippen molar-refractivity contribution >= 4 is 45.9 Å². The molecule has 11 heteroatoms. The van der Waals surface area contributed by atoms with E-state index >= 15 is 0 Å². The van der Waals surface area contributed by atoms with Gasteiger partial charge in [-0.25, -0.2) is 0 Å². The summed E-state index contributed by atoms with van der Waals surface area (Å²) in [6.07, 6.45) is 1.66. The summed E-state index contributed by atoms with van der Waals surface area (Å²) in [5.41, 5.74) is 0.529. The Morgan fingerprint density at radius 2 is 1.73 bits per heavy atom. The van der Waals surface area contributed by atoms with Gasteiger partial charge in [0.25, 0.3) is 5.69 Å². The van der Waals surface area contributed by atoms with Crippen LogP contribution in [0.1, 0.15) is 12.5 Å². The lowest BCUT2D eigenvalue weighted by Gasteiger charge is -2.14. The summed E-state index contributed by atoms with van der Waals surface area (Å²) < 4.78 is 17.2. The molecule has 33 heavy (non-hydrogen) atoms. The summed E-state index contributed by atoms with van der Waals surface area (Å²) in [6.45, 7) is 2.12. The van der Waals surface area contributed by atoms with Crippen LogP contribution in [0.5, 0.6) is 23.0 Å². The minimum atomic E-state index is -0.731. The molecule has 0 heterocycles. The van der Waals surface area contributed by atoms with Crippen LogP contribution in [0.3, 0.4) is 0 Å². The van der Waals surface area contributed by atoms with Crippen LogP contribution < -0.4 is 14.2 Å². The second kappa shape index (κ2) is 10.7. The lowest BCUT2D eigenvalue weighted by atomic mass is 10.2. The molecule has 0 radical (unpaired) electrons. The number of nitro benzene ring substituents is 2. The summed E-state index contributed by atoms with van der Waals surface area (Å²) in [5, 5.41) is 22.4. The van der Waals surface area contributed by atoms with Crippen molar-refractivity contribution in [2.45, 2.75) is 6.92 Å². The van der Waals surface area contributed by atoms with Crippen LogP contribution >= 0.6 is 22.6 Å². The van der Waals surface area contributed by atoms with Crippen LogP contribution in [0.4, 0.5) is 17.1 Å². The van der Waals surface area contributed by atoms with E-state index in [0.29, 0.717) is 15.9 Å². The number of methoxy groups -OCH3 is 1. The highest BCUT2D eigenvalue weighted by Crippen LogP contribution is 2.41. The molecule has 0 aliphatic carbocycles. The van der Waals surface area contributed by atoms with Gasteiger partial charge in [0.2, 0.25) is 5.75 Å². The van der Waals surface area contributed by atoms with Crippen LogP contribution in [0.15, 0.2) is 59.6 Å². The van der Waals surface area contributed by atoms with Crippen molar-refractivity contribution in [1.29, 1.82) is 0 Å². The molecule has 0 unspecified atom stereocenters. The molecule has 10 nitrogen and oxygen atoms in total. The molecule has 3 aromatic rings. The predicted octanol–water partition coefficient (Wildman–Crippen LogP) is 6.06. The largest absolute Gasteiger partial charge is 0.497 e. The zero-order valence-corrected chi connectivity index (χ0v) is 19.7. The number of hydrogen-bond acceptors (Lipinski definition) is 8.